The Bertz CT molecular complexity index is 557. The van der Waals surface area contributed by atoms with E-state index >= 15 is 0 Å². The zero-order valence-corrected chi connectivity index (χ0v) is 11.3. The first-order chi connectivity index (χ1) is 9.10. The van der Waals surface area contributed by atoms with Gasteiger partial charge in [-0.05, 0) is 41.8 Å². The van der Waals surface area contributed by atoms with E-state index in [1.165, 1.54) is 6.07 Å². The largest absolute Gasteiger partial charge is 0.497 e. The average molecular weight is 280 g/mol. The number of ether oxygens (including phenoxy) is 1. The molecule has 0 aliphatic heterocycles. The maximum absolute atomic E-state index is 13.1. The molecule has 4 heteroatoms. The Balaban J connectivity index is 2.10. The van der Waals surface area contributed by atoms with Gasteiger partial charge in [0.15, 0.2) is 0 Å². The van der Waals surface area contributed by atoms with Gasteiger partial charge in [0.1, 0.15) is 11.6 Å². The summed E-state index contributed by atoms with van der Waals surface area (Å²) in [5.74, 6) is 0.379. The number of hydrogen-bond acceptors (Lipinski definition) is 2. The van der Waals surface area contributed by atoms with Crippen LogP contribution in [-0.4, -0.2) is 7.11 Å². The van der Waals surface area contributed by atoms with Crippen molar-refractivity contribution in [2.24, 2.45) is 5.73 Å². The summed E-state index contributed by atoms with van der Waals surface area (Å²) in [7, 11) is 1.62. The molecule has 0 aliphatic rings. The van der Waals surface area contributed by atoms with Crippen molar-refractivity contribution < 1.29 is 9.13 Å². The van der Waals surface area contributed by atoms with Crippen molar-refractivity contribution in [3.8, 4) is 5.75 Å². The highest BCUT2D eigenvalue weighted by Crippen LogP contribution is 2.22. The highest BCUT2D eigenvalue weighted by molar-refractivity contribution is 6.30. The lowest BCUT2D eigenvalue weighted by Gasteiger charge is -2.13. The van der Waals surface area contributed by atoms with E-state index in [-0.39, 0.29) is 11.1 Å². The lowest BCUT2D eigenvalue weighted by Crippen LogP contribution is -2.13. The van der Waals surface area contributed by atoms with Gasteiger partial charge in [0.25, 0.3) is 0 Å². The number of nitrogens with two attached hydrogens (primary N) is 1. The fraction of sp³-hybridized carbons (Fsp3) is 0.200. The van der Waals surface area contributed by atoms with E-state index in [9.17, 15) is 4.39 Å². The molecule has 19 heavy (non-hydrogen) atoms. The molecule has 0 heterocycles. The van der Waals surface area contributed by atoms with Gasteiger partial charge in [0.05, 0.1) is 12.1 Å². The summed E-state index contributed by atoms with van der Waals surface area (Å²) < 4.78 is 18.2. The van der Waals surface area contributed by atoms with E-state index in [2.05, 4.69) is 0 Å². The van der Waals surface area contributed by atoms with E-state index in [0.29, 0.717) is 6.42 Å². The Kier molecular flexibility index (Phi) is 4.40. The summed E-state index contributed by atoms with van der Waals surface area (Å²) in [6.07, 6.45) is 0.604. The number of benzene rings is 2. The van der Waals surface area contributed by atoms with E-state index in [1.807, 2.05) is 24.3 Å². The van der Waals surface area contributed by atoms with Crippen LogP contribution in [0.25, 0.3) is 0 Å². The third-order valence-electron chi connectivity index (χ3n) is 2.98. The van der Waals surface area contributed by atoms with Crippen LogP contribution in [0.1, 0.15) is 17.2 Å². The second-order valence-electron chi connectivity index (χ2n) is 4.33. The minimum Gasteiger partial charge on any atom is -0.497 e. The Hall–Kier alpha value is -1.58. The second-order valence-corrected chi connectivity index (χ2v) is 4.74. The van der Waals surface area contributed by atoms with Crippen molar-refractivity contribution in [2.75, 3.05) is 7.11 Å². The Morgan fingerprint density at radius 3 is 2.47 bits per heavy atom. The average Bonchev–Trinajstić information content (AvgIpc) is 2.43. The topological polar surface area (TPSA) is 35.2 Å². The molecule has 0 saturated carbocycles. The summed E-state index contributed by atoms with van der Waals surface area (Å²) in [6.45, 7) is 0. The van der Waals surface area contributed by atoms with Gasteiger partial charge in [-0.1, -0.05) is 29.8 Å². The molecule has 1 atom stereocenters. The van der Waals surface area contributed by atoms with Gasteiger partial charge in [-0.2, -0.15) is 0 Å². The van der Waals surface area contributed by atoms with Crippen molar-refractivity contribution in [3.63, 3.8) is 0 Å². The number of rotatable bonds is 4. The second kappa shape index (κ2) is 6.04. The van der Waals surface area contributed by atoms with Gasteiger partial charge in [-0.3, -0.25) is 0 Å². The highest BCUT2D eigenvalue weighted by atomic mass is 35.5. The minimum absolute atomic E-state index is 0.124. The van der Waals surface area contributed by atoms with Crippen LogP contribution < -0.4 is 10.5 Å². The van der Waals surface area contributed by atoms with Gasteiger partial charge < -0.3 is 10.5 Å². The monoisotopic (exact) mass is 279 g/mol. The first kappa shape index (κ1) is 13.8. The van der Waals surface area contributed by atoms with Crippen LogP contribution in [0.15, 0.2) is 42.5 Å². The molecule has 2 rings (SSSR count). The van der Waals surface area contributed by atoms with Crippen LogP contribution in [0, 0.1) is 5.82 Å². The third kappa shape index (κ3) is 3.46. The van der Waals surface area contributed by atoms with Crippen molar-refractivity contribution >= 4 is 11.6 Å². The normalized spacial score (nSPS) is 12.2. The van der Waals surface area contributed by atoms with Gasteiger partial charge in [-0.25, -0.2) is 4.39 Å². The SMILES string of the molecule is COc1ccc(C(N)Cc2ccc(F)c(Cl)c2)cc1. The molecule has 0 saturated heterocycles. The molecule has 0 amide bonds. The quantitative estimate of drug-likeness (QED) is 0.925. The van der Waals surface area contributed by atoms with E-state index in [0.717, 1.165) is 16.9 Å². The molecule has 0 radical (unpaired) electrons. The number of hydrogen-bond donors (Lipinski definition) is 1. The summed E-state index contributed by atoms with van der Waals surface area (Å²) in [6, 6.07) is 12.1. The fourth-order valence-corrected chi connectivity index (χ4v) is 2.09. The van der Waals surface area contributed by atoms with Crippen molar-refractivity contribution in [2.45, 2.75) is 12.5 Å². The first-order valence-corrected chi connectivity index (χ1v) is 6.31. The Morgan fingerprint density at radius 1 is 1.21 bits per heavy atom. The van der Waals surface area contributed by atoms with Crippen LogP contribution in [0.5, 0.6) is 5.75 Å². The maximum atomic E-state index is 13.1. The lowest BCUT2D eigenvalue weighted by atomic mass is 9.99. The zero-order valence-electron chi connectivity index (χ0n) is 10.6. The summed E-state index contributed by atoms with van der Waals surface area (Å²) in [5.41, 5.74) is 8.04. The zero-order chi connectivity index (χ0) is 13.8. The third-order valence-corrected chi connectivity index (χ3v) is 3.27. The summed E-state index contributed by atoms with van der Waals surface area (Å²) >= 11 is 5.75. The van der Waals surface area contributed by atoms with Crippen LogP contribution in [0.4, 0.5) is 4.39 Å². The van der Waals surface area contributed by atoms with Crippen LogP contribution in [0.3, 0.4) is 0 Å². The molecule has 100 valence electrons. The van der Waals surface area contributed by atoms with Crippen LogP contribution >= 0.6 is 11.6 Å². The van der Waals surface area contributed by atoms with Crippen molar-refractivity contribution in [1.29, 1.82) is 0 Å². The molecule has 1 unspecified atom stereocenters. The molecule has 0 aliphatic carbocycles. The van der Waals surface area contributed by atoms with Crippen molar-refractivity contribution in [3.05, 3.63) is 64.4 Å². The van der Waals surface area contributed by atoms with Gasteiger partial charge in [-0.15, -0.1) is 0 Å². The van der Waals surface area contributed by atoms with Crippen LogP contribution in [-0.2, 0) is 6.42 Å². The molecule has 0 spiro atoms. The molecule has 2 N–H and O–H groups in total. The van der Waals surface area contributed by atoms with E-state index in [4.69, 9.17) is 22.1 Å². The van der Waals surface area contributed by atoms with Crippen molar-refractivity contribution in [1.82, 2.24) is 0 Å². The van der Waals surface area contributed by atoms with Crippen LogP contribution in [0.2, 0.25) is 5.02 Å². The molecule has 2 nitrogen and oxygen atoms in total. The first-order valence-electron chi connectivity index (χ1n) is 5.93. The lowest BCUT2D eigenvalue weighted by molar-refractivity contribution is 0.414. The molecule has 0 fully saturated rings. The number of halogens is 2. The van der Waals surface area contributed by atoms with Gasteiger partial charge >= 0.3 is 0 Å². The Morgan fingerprint density at radius 2 is 1.89 bits per heavy atom. The standard InChI is InChI=1S/C15H15ClFNO/c1-19-12-5-3-11(4-6-12)15(18)9-10-2-7-14(17)13(16)8-10/h2-8,15H,9,18H2,1H3. The molecular weight excluding hydrogens is 265 g/mol. The smallest absolute Gasteiger partial charge is 0.141 e. The predicted octanol–water partition coefficient (Wildman–Crippen LogP) is 3.73. The van der Waals surface area contributed by atoms with Gasteiger partial charge in [0, 0.05) is 6.04 Å². The molecule has 2 aromatic rings. The predicted molar refractivity (Wildman–Crippen MR) is 75.0 cm³/mol. The van der Waals surface area contributed by atoms with E-state index in [1.54, 1.807) is 19.2 Å². The summed E-state index contributed by atoms with van der Waals surface area (Å²) in [5, 5.41) is 0.124. The summed E-state index contributed by atoms with van der Waals surface area (Å²) in [4.78, 5) is 0. The Labute approximate surface area is 117 Å². The maximum Gasteiger partial charge on any atom is 0.141 e. The fourth-order valence-electron chi connectivity index (χ4n) is 1.89. The molecular formula is C15H15ClFNO. The molecule has 0 aromatic heterocycles. The van der Waals surface area contributed by atoms with E-state index < -0.39 is 5.82 Å². The minimum atomic E-state index is -0.413. The van der Waals surface area contributed by atoms with Gasteiger partial charge in [0.2, 0.25) is 0 Å². The highest BCUT2D eigenvalue weighted by Gasteiger charge is 2.09. The number of methoxy groups -OCH3 is 1. The molecule has 2 aromatic carbocycles. The molecule has 0 bridgehead atoms.